The molecule has 0 saturated carbocycles. The number of alkyl halides is 3. The van der Waals surface area contributed by atoms with Crippen LogP contribution in [0.1, 0.15) is 26.3 Å². The lowest BCUT2D eigenvalue weighted by molar-refractivity contribution is -0.192. The molecular weight excluding hydrogens is 404 g/mol. The summed E-state index contributed by atoms with van der Waals surface area (Å²) in [6.45, 7) is 6.79. The van der Waals surface area contributed by atoms with Crippen molar-refractivity contribution < 1.29 is 32.3 Å². The molecule has 0 fully saturated rings. The fourth-order valence-electron chi connectivity index (χ4n) is 1.92. The number of amides is 1. The molecule has 0 aliphatic carbocycles. The van der Waals surface area contributed by atoms with Crippen molar-refractivity contribution in [3.63, 3.8) is 0 Å². The van der Waals surface area contributed by atoms with Crippen LogP contribution in [0, 0.1) is 11.2 Å². The van der Waals surface area contributed by atoms with E-state index in [4.69, 9.17) is 9.90 Å². The molecule has 5 nitrogen and oxygen atoms in total. The number of carboxylic acids is 1. The van der Waals surface area contributed by atoms with Crippen molar-refractivity contribution >= 4 is 18.0 Å². The SMILES string of the molecule is CC(C)(C)CNC(=O)/C=C/c1ccc(-c2ccccc2F)nc1.O=C(O)C(F)(F)F. The zero-order chi connectivity index (χ0) is 22.9. The smallest absolute Gasteiger partial charge is 0.475 e. The molecule has 0 aliphatic rings. The number of hydrogen-bond acceptors (Lipinski definition) is 3. The lowest BCUT2D eigenvalue weighted by atomic mass is 9.97. The Morgan fingerprint density at radius 2 is 1.70 bits per heavy atom. The number of pyridine rings is 1. The third kappa shape index (κ3) is 9.31. The van der Waals surface area contributed by atoms with E-state index in [2.05, 4.69) is 31.1 Å². The number of aliphatic carboxylic acids is 1. The first-order chi connectivity index (χ1) is 13.8. The van der Waals surface area contributed by atoms with Crippen LogP contribution in [0.3, 0.4) is 0 Å². The van der Waals surface area contributed by atoms with Crippen molar-refractivity contribution in [2.75, 3.05) is 6.54 Å². The van der Waals surface area contributed by atoms with E-state index in [1.807, 2.05) is 6.07 Å². The highest BCUT2D eigenvalue weighted by Gasteiger charge is 2.38. The molecule has 0 atom stereocenters. The van der Waals surface area contributed by atoms with Crippen molar-refractivity contribution in [1.82, 2.24) is 10.3 Å². The first kappa shape index (κ1) is 24.8. The highest BCUT2D eigenvalue weighted by molar-refractivity contribution is 5.91. The average Bonchev–Trinajstić information content (AvgIpc) is 2.65. The Morgan fingerprint density at radius 1 is 1.10 bits per heavy atom. The summed E-state index contributed by atoms with van der Waals surface area (Å²) in [6, 6.07) is 10.1. The van der Waals surface area contributed by atoms with E-state index in [1.165, 1.54) is 12.1 Å². The summed E-state index contributed by atoms with van der Waals surface area (Å²) in [5.41, 5.74) is 1.87. The predicted octanol–water partition coefficient (Wildman–Crippen LogP) is 4.70. The summed E-state index contributed by atoms with van der Waals surface area (Å²) in [5, 5.41) is 9.97. The zero-order valence-electron chi connectivity index (χ0n) is 16.6. The average molecular weight is 426 g/mol. The van der Waals surface area contributed by atoms with Crippen LogP contribution in [0.25, 0.3) is 17.3 Å². The van der Waals surface area contributed by atoms with Gasteiger partial charge in [0.2, 0.25) is 5.91 Å². The van der Waals surface area contributed by atoms with E-state index in [9.17, 15) is 22.4 Å². The summed E-state index contributed by atoms with van der Waals surface area (Å²) in [5.74, 6) is -3.20. The monoisotopic (exact) mass is 426 g/mol. The molecule has 1 aromatic heterocycles. The molecule has 0 radical (unpaired) electrons. The van der Waals surface area contributed by atoms with Crippen LogP contribution < -0.4 is 5.32 Å². The summed E-state index contributed by atoms with van der Waals surface area (Å²) in [6.07, 6.45) is -0.295. The number of carbonyl (C=O) groups is 2. The summed E-state index contributed by atoms with van der Waals surface area (Å²) in [4.78, 5) is 24.9. The van der Waals surface area contributed by atoms with Gasteiger partial charge in [0, 0.05) is 24.4 Å². The molecule has 162 valence electrons. The molecular formula is C21H22F4N2O3. The minimum Gasteiger partial charge on any atom is -0.475 e. The van der Waals surface area contributed by atoms with Gasteiger partial charge in [-0.25, -0.2) is 9.18 Å². The number of carboxylic acid groups (broad SMARTS) is 1. The predicted molar refractivity (Wildman–Crippen MR) is 105 cm³/mol. The van der Waals surface area contributed by atoms with Gasteiger partial charge in [-0.1, -0.05) is 39.0 Å². The van der Waals surface area contributed by atoms with Crippen LogP contribution in [0.2, 0.25) is 0 Å². The lowest BCUT2D eigenvalue weighted by Gasteiger charge is -2.17. The van der Waals surface area contributed by atoms with Gasteiger partial charge in [0.15, 0.2) is 0 Å². The molecule has 2 aromatic rings. The molecule has 0 saturated heterocycles. The van der Waals surface area contributed by atoms with Gasteiger partial charge in [0.1, 0.15) is 5.82 Å². The quantitative estimate of drug-likeness (QED) is 0.549. The maximum absolute atomic E-state index is 13.7. The normalized spacial score (nSPS) is 11.6. The van der Waals surface area contributed by atoms with Gasteiger partial charge in [-0.15, -0.1) is 0 Å². The Labute approximate surface area is 171 Å². The van der Waals surface area contributed by atoms with Gasteiger partial charge in [0.05, 0.1) is 5.69 Å². The molecule has 9 heteroatoms. The number of halogens is 4. The molecule has 1 amide bonds. The number of nitrogens with zero attached hydrogens (tertiary/aromatic N) is 1. The number of benzene rings is 1. The zero-order valence-corrected chi connectivity index (χ0v) is 16.6. The minimum atomic E-state index is -5.08. The second kappa shape index (κ2) is 10.5. The number of carbonyl (C=O) groups excluding carboxylic acids is 1. The largest absolute Gasteiger partial charge is 0.490 e. The van der Waals surface area contributed by atoms with E-state index in [-0.39, 0.29) is 17.1 Å². The molecule has 1 aromatic carbocycles. The van der Waals surface area contributed by atoms with E-state index in [0.29, 0.717) is 17.8 Å². The molecule has 0 unspecified atom stereocenters. The van der Waals surface area contributed by atoms with Crippen LogP contribution >= 0.6 is 0 Å². The third-order valence-corrected chi connectivity index (χ3v) is 3.40. The highest BCUT2D eigenvalue weighted by Crippen LogP contribution is 2.20. The maximum Gasteiger partial charge on any atom is 0.490 e. The fourth-order valence-corrected chi connectivity index (χ4v) is 1.92. The second-order valence-electron chi connectivity index (χ2n) is 7.37. The molecule has 2 rings (SSSR count). The third-order valence-electron chi connectivity index (χ3n) is 3.40. The Kier molecular flexibility index (Phi) is 8.70. The highest BCUT2D eigenvalue weighted by atomic mass is 19.4. The number of aromatic nitrogens is 1. The van der Waals surface area contributed by atoms with Crippen LogP contribution in [-0.2, 0) is 9.59 Å². The van der Waals surface area contributed by atoms with E-state index < -0.39 is 12.1 Å². The first-order valence-corrected chi connectivity index (χ1v) is 8.76. The summed E-state index contributed by atoms with van der Waals surface area (Å²) < 4.78 is 45.4. The summed E-state index contributed by atoms with van der Waals surface area (Å²) in [7, 11) is 0. The molecule has 0 bridgehead atoms. The van der Waals surface area contributed by atoms with Gasteiger partial charge < -0.3 is 10.4 Å². The van der Waals surface area contributed by atoms with E-state index in [1.54, 1.807) is 36.5 Å². The van der Waals surface area contributed by atoms with Crippen molar-refractivity contribution in [2.45, 2.75) is 26.9 Å². The first-order valence-electron chi connectivity index (χ1n) is 8.76. The van der Waals surface area contributed by atoms with Crippen molar-refractivity contribution in [3.05, 3.63) is 60.1 Å². The molecule has 0 spiro atoms. The van der Waals surface area contributed by atoms with Crippen LogP contribution in [0.4, 0.5) is 17.6 Å². The number of rotatable bonds is 4. The lowest BCUT2D eigenvalue weighted by Crippen LogP contribution is -2.30. The molecule has 0 aliphatic heterocycles. The van der Waals surface area contributed by atoms with Crippen molar-refractivity contribution in [2.24, 2.45) is 5.41 Å². The van der Waals surface area contributed by atoms with Crippen molar-refractivity contribution in [1.29, 1.82) is 0 Å². The number of hydrogen-bond donors (Lipinski definition) is 2. The second-order valence-corrected chi connectivity index (χ2v) is 7.37. The maximum atomic E-state index is 13.7. The summed E-state index contributed by atoms with van der Waals surface area (Å²) >= 11 is 0. The Balaban J connectivity index is 0.000000553. The molecule has 30 heavy (non-hydrogen) atoms. The molecule has 2 N–H and O–H groups in total. The van der Waals surface area contributed by atoms with Gasteiger partial charge in [-0.3, -0.25) is 9.78 Å². The Bertz CT molecular complexity index is 886. The van der Waals surface area contributed by atoms with Crippen molar-refractivity contribution in [3.8, 4) is 11.3 Å². The Hall–Kier alpha value is -3.23. The number of nitrogens with one attached hydrogen (secondary N) is 1. The topological polar surface area (TPSA) is 79.3 Å². The Morgan fingerprint density at radius 3 is 2.17 bits per heavy atom. The van der Waals surface area contributed by atoms with Gasteiger partial charge in [0.25, 0.3) is 0 Å². The van der Waals surface area contributed by atoms with Gasteiger partial charge in [-0.05, 0) is 35.3 Å². The van der Waals surface area contributed by atoms with Crippen LogP contribution in [0.15, 0.2) is 48.7 Å². The standard InChI is InChI=1S/C19H21FN2O.C2HF3O2/c1-19(2,3)13-22-18(23)11-9-14-8-10-17(21-12-14)15-6-4-5-7-16(15)20;3-2(4,5)1(6)7/h4-12H,13H2,1-3H3,(H,22,23);(H,6,7)/b11-9+;. The van der Waals surface area contributed by atoms with E-state index >= 15 is 0 Å². The van der Waals surface area contributed by atoms with Gasteiger partial charge >= 0.3 is 12.1 Å². The minimum absolute atomic E-state index is 0.0481. The van der Waals surface area contributed by atoms with Crippen LogP contribution in [0.5, 0.6) is 0 Å². The molecule has 1 heterocycles. The van der Waals surface area contributed by atoms with E-state index in [0.717, 1.165) is 5.56 Å². The van der Waals surface area contributed by atoms with Gasteiger partial charge in [-0.2, -0.15) is 13.2 Å². The fraction of sp³-hybridized carbons (Fsp3) is 0.286. The van der Waals surface area contributed by atoms with Crippen LogP contribution in [-0.4, -0.2) is 34.7 Å².